The Labute approximate surface area is 90.4 Å². The molecule has 1 fully saturated rings. The van der Waals surface area contributed by atoms with Gasteiger partial charge in [-0.3, -0.25) is 0 Å². The lowest BCUT2D eigenvalue weighted by Gasteiger charge is -2.27. The Bertz CT molecular complexity index is 311. The Morgan fingerprint density at radius 1 is 1.40 bits per heavy atom. The van der Waals surface area contributed by atoms with Crippen LogP contribution in [-0.2, 0) is 6.54 Å². The summed E-state index contributed by atoms with van der Waals surface area (Å²) in [5, 5.41) is 11.2. The summed E-state index contributed by atoms with van der Waals surface area (Å²) in [5.41, 5.74) is 1.83. The van der Waals surface area contributed by atoms with Gasteiger partial charge in [0.15, 0.2) is 0 Å². The van der Waals surface area contributed by atoms with E-state index in [1.165, 1.54) is 25.7 Å². The molecule has 0 radical (unpaired) electrons. The van der Waals surface area contributed by atoms with Gasteiger partial charge < -0.3 is 5.32 Å². The number of nitrogens with zero attached hydrogens (tertiary/aromatic N) is 2. The van der Waals surface area contributed by atoms with Crippen LogP contribution in [0.1, 0.15) is 44.0 Å². The number of aryl methyl sites for hydroxylation is 1. The van der Waals surface area contributed by atoms with Gasteiger partial charge in [-0.2, -0.15) is 0 Å². The second-order valence-electron chi connectivity index (χ2n) is 4.65. The molecule has 2 atom stereocenters. The molecule has 4 nitrogen and oxygen atoms in total. The van der Waals surface area contributed by atoms with Crippen LogP contribution >= 0.6 is 0 Å². The molecular formula is C11H19N3O. The van der Waals surface area contributed by atoms with Crippen LogP contribution in [0.3, 0.4) is 0 Å². The third kappa shape index (κ3) is 2.78. The SMILES string of the molecule is Cc1nonc1CNC1CCCC(C)C1. The second-order valence-corrected chi connectivity index (χ2v) is 4.65. The van der Waals surface area contributed by atoms with Crippen molar-refractivity contribution in [2.24, 2.45) is 5.92 Å². The fraction of sp³-hybridized carbons (Fsp3) is 0.818. The van der Waals surface area contributed by atoms with Gasteiger partial charge in [0, 0.05) is 12.6 Å². The van der Waals surface area contributed by atoms with Crippen molar-refractivity contribution in [2.45, 2.75) is 52.1 Å². The smallest absolute Gasteiger partial charge is 0.121 e. The minimum Gasteiger partial charge on any atom is -0.308 e. The fourth-order valence-corrected chi connectivity index (χ4v) is 2.27. The maximum absolute atomic E-state index is 4.67. The van der Waals surface area contributed by atoms with Crippen molar-refractivity contribution in [1.29, 1.82) is 0 Å². The predicted molar refractivity (Wildman–Crippen MR) is 57.3 cm³/mol. The van der Waals surface area contributed by atoms with Crippen molar-refractivity contribution in [2.75, 3.05) is 0 Å². The number of aromatic nitrogens is 2. The number of rotatable bonds is 3. The van der Waals surface area contributed by atoms with E-state index in [0.717, 1.165) is 23.9 Å². The average Bonchev–Trinajstić information content (AvgIpc) is 2.61. The van der Waals surface area contributed by atoms with Gasteiger partial charge in [0.25, 0.3) is 0 Å². The van der Waals surface area contributed by atoms with Crippen molar-refractivity contribution in [1.82, 2.24) is 15.6 Å². The van der Waals surface area contributed by atoms with Gasteiger partial charge in [-0.25, -0.2) is 4.63 Å². The molecule has 0 spiro atoms. The molecule has 1 aliphatic carbocycles. The first-order valence-electron chi connectivity index (χ1n) is 5.77. The van der Waals surface area contributed by atoms with Gasteiger partial charge in [0.05, 0.1) is 0 Å². The molecule has 1 aliphatic rings. The lowest BCUT2D eigenvalue weighted by Crippen LogP contribution is -2.33. The zero-order chi connectivity index (χ0) is 10.7. The summed E-state index contributed by atoms with van der Waals surface area (Å²) in [4.78, 5) is 0. The van der Waals surface area contributed by atoms with Crippen LogP contribution in [0.15, 0.2) is 4.63 Å². The summed E-state index contributed by atoms with van der Waals surface area (Å²) >= 11 is 0. The molecule has 4 heteroatoms. The van der Waals surface area contributed by atoms with Gasteiger partial charge in [0.1, 0.15) is 11.4 Å². The van der Waals surface area contributed by atoms with Crippen molar-refractivity contribution in [3.8, 4) is 0 Å². The first-order valence-corrected chi connectivity index (χ1v) is 5.77. The Balaban J connectivity index is 1.80. The molecule has 1 aromatic rings. The molecule has 1 aromatic heterocycles. The van der Waals surface area contributed by atoms with Crippen LogP contribution < -0.4 is 5.32 Å². The average molecular weight is 209 g/mol. The molecule has 0 aliphatic heterocycles. The van der Waals surface area contributed by atoms with Crippen LogP contribution in [0.2, 0.25) is 0 Å². The Kier molecular flexibility index (Phi) is 3.36. The molecule has 15 heavy (non-hydrogen) atoms. The molecular weight excluding hydrogens is 190 g/mol. The van der Waals surface area contributed by atoms with Crippen molar-refractivity contribution in [3.05, 3.63) is 11.4 Å². The Morgan fingerprint density at radius 3 is 2.93 bits per heavy atom. The van der Waals surface area contributed by atoms with Crippen molar-refractivity contribution in [3.63, 3.8) is 0 Å². The minimum absolute atomic E-state index is 0.643. The highest BCUT2D eigenvalue weighted by Gasteiger charge is 2.18. The zero-order valence-corrected chi connectivity index (χ0v) is 9.49. The van der Waals surface area contributed by atoms with E-state index in [-0.39, 0.29) is 0 Å². The van der Waals surface area contributed by atoms with E-state index in [0.29, 0.717) is 6.04 Å². The summed E-state index contributed by atoms with van der Waals surface area (Å²) in [6.07, 6.45) is 5.29. The highest BCUT2D eigenvalue weighted by molar-refractivity contribution is 5.04. The lowest BCUT2D eigenvalue weighted by molar-refractivity contribution is 0.287. The molecule has 1 saturated carbocycles. The van der Waals surface area contributed by atoms with Gasteiger partial charge in [0.2, 0.25) is 0 Å². The van der Waals surface area contributed by atoms with E-state index in [1.54, 1.807) is 0 Å². The van der Waals surface area contributed by atoms with Crippen LogP contribution in [0.5, 0.6) is 0 Å². The van der Waals surface area contributed by atoms with E-state index in [4.69, 9.17) is 0 Å². The molecule has 1 N–H and O–H groups in total. The van der Waals surface area contributed by atoms with Gasteiger partial charge in [-0.05, 0) is 25.7 Å². The minimum atomic E-state index is 0.643. The van der Waals surface area contributed by atoms with Gasteiger partial charge in [-0.15, -0.1) is 0 Å². The molecule has 84 valence electrons. The number of hydrogen-bond acceptors (Lipinski definition) is 4. The zero-order valence-electron chi connectivity index (χ0n) is 9.49. The molecule has 0 amide bonds. The third-order valence-electron chi connectivity index (χ3n) is 3.24. The van der Waals surface area contributed by atoms with E-state index < -0.39 is 0 Å². The summed E-state index contributed by atoms with van der Waals surface area (Å²) in [7, 11) is 0. The lowest BCUT2D eigenvalue weighted by atomic mass is 9.87. The van der Waals surface area contributed by atoms with E-state index >= 15 is 0 Å². The third-order valence-corrected chi connectivity index (χ3v) is 3.24. The second kappa shape index (κ2) is 4.75. The molecule has 0 aromatic carbocycles. The largest absolute Gasteiger partial charge is 0.308 e. The summed E-state index contributed by atoms with van der Waals surface area (Å²) in [6, 6.07) is 0.643. The number of nitrogens with one attached hydrogen (secondary N) is 1. The van der Waals surface area contributed by atoms with E-state index in [1.807, 2.05) is 6.92 Å². The molecule has 2 rings (SSSR count). The van der Waals surface area contributed by atoms with Gasteiger partial charge >= 0.3 is 0 Å². The molecule has 1 heterocycles. The van der Waals surface area contributed by atoms with E-state index in [2.05, 4.69) is 27.2 Å². The van der Waals surface area contributed by atoms with E-state index in [9.17, 15) is 0 Å². The molecule has 0 saturated heterocycles. The van der Waals surface area contributed by atoms with Crippen molar-refractivity contribution < 1.29 is 4.63 Å². The summed E-state index contributed by atoms with van der Waals surface area (Å²) in [5.74, 6) is 0.854. The highest BCUT2D eigenvalue weighted by Crippen LogP contribution is 2.23. The molecule has 0 bridgehead atoms. The van der Waals surface area contributed by atoms with Crippen LogP contribution in [-0.4, -0.2) is 16.4 Å². The molecule has 2 unspecified atom stereocenters. The van der Waals surface area contributed by atoms with Crippen LogP contribution in [0, 0.1) is 12.8 Å². The number of hydrogen-bond donors (Lipinski definition) is 1. The summed E-state index contributed by atoms with van der Waals surface area (Å²) in [6.45, 7) is 5.04. The van der Waals surface area contributed by atoms with Crippen LogP contribution in [0.4, 0.5) is 0 Å². The quantitative estimate of drug-likeness (QED) is 0.827. The Morgan fingerprint density at radius 2 is 2.27 bits per heavy atom. The van der Waals surface area contributed by atoms with Gasteiger partial charge in [-0.1, -0.05) is 30.1 Å². The normalized spacial score (nSPS) is 26.8. The summed E-state index contributed by atoms with van der Waals surface area (Å²) < 4.78 is 4.67. The maximum Gasteiger partial charge on any atom is 0.121 e. The Hall–Kier alpha value is -0.900. The monoisotopic (exact) mass is 209 g/mol. The standard InChI is InChI=1S/C11H19N3O/c1-8-4-3-5-10(6-8)12-7-11-9(2)13-15-14-11/h8,10,12H,3-7H2,1-2H3. The highest BCUT2D eigenvalue weighted by atomic mass is 16.6. The fourth-order valence-electron chi connectivity index (χ4n) is 2.27. The topological polar surface area (TPSA) is 51.0 Å². The first kappa shape index (κ1) is 10.6. The maximum atomic E-state index is 4.67. The van der Waals surface area contributed by atoms with Crippen molar-refractivity contribution >= 4 is 0 Å². The van der Waals surface area contributed by atoms with Crippen LogP contribution in [0.25, 0.3) is 0 Å². The first-order chi connectivity index (χ1) is 7.25. The predicted octanol–water partition coefficient (Wildman–Crippen LogP) is 2.05.